The molecule has 18 heavy (non-hydrogen) atoms. The van der Waals surface area contributed by atoms with Crippen LogP contribution >= 0.6 is 0 Å². The molecule has 0 saturated heterocycles. The highest BCUT2D eigenvalue weighted by Crippen LogP contribution is 2.35. The molecule has 2 heteroatoms. The van der Waals surface area contributed by atoms with Crippen molar-refractivity contribution in [2.24, 2.45) is 0 Å². The molecule has 0 amide bonds. The van der Waals surface area contributed by atoms with Gasteiger partial charge in [0.15, 0.2) is 11.5 Å². The minimum absolute atomic E-state index is 0.0682. The van der Waals surface area contributed by atoms with Crippen LogP contribution in [0.15, 0.2) is 41.9 Å². The molecule has 94 valence electrons. The molecule has 1 aliphatic rings. The lowest BCUT2D eigenvalue weighted by atomic mass is 9.88. The van der Waals surface area contributed by atoms with E-state index in [0.717, 1.165) is 16.7 Å². The Bertz CT molecular complexity index is 566. The fourth-order valence-corrected chi connectivity index (χ4v) is 2.54. The molecule has 1 aromatic carbocycles. The van der Waals surface area contributed by atoms with Gasteiger partial charge in [0.1, 0.15) is 0 Å². The topological polar surface area (TPSA) is 40.5 Å². The van der Waals surface area contributed by atoms with E-state index in [4.69, 9.17) is 0 Å². The van der Waals surface area contributed by atoms with Crippen LogP contribution in [0.5, 0.6) is 0 Å². The molecule has 0 unspecified atom stereocenters. The molecule has 0 fully saturated rings. The zero-order chi connectivity index (χ0) is 13.4. The van der Waals surface area contributed by atoms with E-state index in [9.17, 15) is 10.2 Å². The number of rotatable bonds is 1. The molecule has 2 rings (SSSR count). The van der Waals surface area contributed by atoms with Crippen LogP contribution in [-0.2, 0) is 0 Å². The Labute approximate surface area is 108 Å². The van der Waals surface area contributed by atoms with Crippen molar-refractivity contribution < 1.29 is 10.2 Å². The summed E-state index contributed by atoms with van der Waals surface area (Å²) in [7, 11) is 0. The number of aryl methyl sites for hydroxylation is 3. The average molecular weight is 242 g/mol. The van der Waals surface area contributed by atoms with Crippen molar-refractivity contribution in [3.63, 3.8) is 0 Å². The third kappa shape index (κ3) is 1.94. The zero-order valence-corrected chi connectivity index (χ0v) is 11.0. The van der Waals surface area contributed by atoms with E-state index in [0.29, 0.717) is 17.6 Å². The lowest BCUT2D eigenvalue weighted by molar-refractivity contribution is 0.346. The molecule has 0 atom stereocenters. The summed E-state index contributed by atoms with van der Waals surface area (Å²) in [6.07, 6.45) is 2.49. The van der Waals surface area contributed by atoms with Gasteiger partial charge in [0.2, 0.25) is 0 Å². The summed E-state index contributed by atoms with van der Waals surface area (Å²) < 4.78 is 0. The van der Waals surface area contributed by atoms with Gasteiger partial charge in [-0.15, -0.1) is 0 Å². The normalized spacial score (nSPS) is 15.9. The second-order valence-corrected chi connectivity index (χ2v) is 4.90. The molecule has 0 saturated carbocycles. The first-order valence-corrected chi connectivity index (χ1v) is 6.01. The Kier molecular flexibility index (Phi) is 3.04. The van der Waals surface area contributed by atoms with Gasteiger partial charge in [0.25, 0.3) is 0 Å². The molecule has 2 N–H and O–H groups in total. The van der Waals surface area contributed by atoms with E-state index in [-0.39, 0.29) is 11.5 Å². The minimum atomic E-state index is -0.0909. The fraction of sp³-hybridized carbons (Fsp3) is 0.250. The summed E-state index contributed by atoms with van der Waals surface area (Å²) in [5.74, 6) is -0.159. The van der Waals surface area contributed by atoms with Crippen LogP contribution in [0.2, 0.25) is 0 Å². The second-order valence-electron chi connectivity index (χ2n) is 4.90. The smallest absolute Gasteiger partial charge is 0.165 e. The molecule has 0 radical (unpaired) electrons. The standard InChI is InChI=1S/C16H18O2/c1-9-7-11(3)14(12(4)8-9)13-6-5-10(2)15(17)16(13)18/h6-8,17-18H,2,5H2,1,3-4H3. The van der Waals surface area contributed by atoms with Gasteiger partial charge >= 0.3 is 0 Å². The van der Waals surface area contributed by atoms with Gasteiger partial charge in [-0.1, -0.05) is 30.4 Å². The van der Waals surface area contributed by atoms with Crippen LogP contribution in [0.4, 0.5) is 0 Å². The molecule has 1 aromatic rings. The van der Waals surface area contributed by atoms with Gasteiger partial charge in [-0.25, -0.2) is 0 Å². The van der Waals surface area contributed by atoms with Crippen LogP contribution in [0.25, 0.3) is 5.57 Å². The van der Waals surface area contributed by atoms with Gasteiger partial charge < -0.3 is 10.2 Å². The Morgan fingerprint density at radius 2 is 1.56 bits per heavy atom. The Morgan fingerprint density at radius 1 is 1.00 bits per heavy atom. The van der Waals surface area contributed by atoms with Crippen molar-refractivity contribution in [2.75, 3.05) is 0 Å². The lowest BCUT2D eigenvalue weighted by Gasteiger charge is -2.19. The van der Waals surface area contributed by atoms with Crippen molar-refractivity contribution in [3.8, 4) is 0 Å². The second kappa shape index (κ2) is 4.37. The number of benzene rings is 1. The summed E-state index contributed by atoms with van der Waals surface area (Å²) in [5, 5.41) is 19.9. The number of allylic oxidation sites excluding steroid dienone is 3. The Hall–Kier alpha value is -1.96. The van der Waals surface area contributed by atoms with Crippen LogP contribution in [-0.4, -0.2) is 10.2 Å². The Balaban J connectivity index is 2.62. The SMILES string of the molecule is C=C1CC=C(c2c(C)cc(C)cc2C)C(O)=C1O. The maximum atomic E-state index is 10.1. The molecule has 0 spiro atoms. The maximum Gasteiger partial charge on any atom is 0.165 e. The molecule has 0 bridgehead atoms. The van der Waals surface area contributed by atoms with Gasteiger partial charge in [-0.2, -0.15) is 0 Å². The van der Waals surface area contributed by atoms with Crippen molar-refractivity contribution in [3.05, 3.63) is 64.1 Å². The third-order valence-corrected chi connectivity index (χ3v) is 3.31. The predicted octanol–water partition coefficient (Wildman–Crippen LogP) is 4.28. The number of aliphatic hydroxyl groups is 2. The van der Waals surface area contributed by atoms with Gasteiger partial charge in [0.05, 0.1) is 0 Å². The van der Waals surface area contributed by atoms with Crippen molar-refractivity contribution in [1.82, 2.24) is 0 Å². The highest BCUT2D eigenvalue weighted by atomic mass is 16.3. The highest BCUT2D eigenvalue weighted by Gasteiger charge is 2.21. The summed E-state index contributed by atoms with van der Waals surface area (Å²) in [6.45, 7) is 9.81. The van der Waals surface area contributed by atoms with Crippen molar-refractivity contribution in [2.45, 2.75) is 27.2 Å². The first kappa shape index (κ1) is 12.5. The predicted molar refractivity (Wildman–Crippen MR) is 74.7 cm³/mol. The van der Waals surface area contributed by atoms with Crippen LogP contribution in [0.1, 0.15) is 28.7 Å². The highest BCUT2D eigenvalue weighted by molar-refractivity contribution is 5.83. The largest absolute Gasteiger partial charge is 0.504 e. The molecular formula is C16H18O2. The zero-order valence-electron chi connectivity index (χ0n) is 11.0. The lowest BCUT2D eigenvalue weighted by Crippen LogP contribution is -2.05. The first-order chi connectivity index (χ1) is 8.41. The van der Waals surface area contributed by atoms with Gasteiger partial charge in [-0.3, -0.25) is 0 Å². The maximum absolute atomic E-state index is 10.1. The van der Waals surface area contributed by atoms with Crippen LogP contribution < -0.4 is 0 Å². The fourth-order valence-electron chi connectivity index (χ4n) is 2.54. The molecule has 2 nitrogen and oxygen atoms in total. The molecule has 0 aromatic heterocycles. The van der Waals surface area contributed by atoms with E-state index in [1.54, 1.807) is 0 Å². The quantitative estimate of drug-likeness (QED) is 0.771. The average Bonchev–Trinajstić information content (AvgIpc) is 2.28. The summed E-state index contributed by atoms with van der Waals surface area (Å²) in [6, 6.07) is 4.16. The number of hydrogen-bond donors (Lipinski definition) is 2. The molecular weight excluding hydrogens is 224 g/mol. The van der Waals surface area contributed by atoms with E-state index in [1.165, 1.54) is 5.56 Å². The molecule has 0 aliphatic heterocycles. The minimum Gasteiger partial charge on any atom is -0.504 e. The first-order valence-electron chi connectivity index (χ1n) is 6.01. The summed E-state index contributed by atoms with van der Waals surface area (Å²) in [5.41, 5.74) is 5.66. The van der Waals surface area contributed by atoms with Crippen LogP contribution in [0.3, 0.4) is 0 Å². The van der Waals surface area contributed by atoms with E-state index < -0.39 is 0 Å². The van der Waals surface area contributed by atoms with Crippen LogP contribution in [0, 0.1) is 20.8 Å². The van der Waals surface area contributed by atoms with Crippen molar-refractivity contribution in [1.29, 1.82) is 0 Å². The van der Waals surface area contributed by atoms with Gasteiger partial charge in [0, 0.05) is 5.57 Å². The number of hydrogen-bond acceptors (Lipinski definition) is 2. The summed E-state index contributed by atoms with van der Waals surface area (Å²) in [4.78, 5) is 0. The molecule has 0 heterocycles. The van der Waals surface area contributed by atoms with E-state index in [2.05, 4.69) is 18.7 Å². The monoisotopic (exact) mass is 242 g/mol. The Morgan fingerprint density at radius 3 is 2.11 bits per heavy atom. The van der Waals surface area contributed by atoms with E-state index in [1.807, 2.05) is 26.8 Å². The number of aliphatic hydroxyl groups excluding tert-OH is 2. The van der Waals surface area contributed by atoms with Crippen molar-refractivity contribution >= 4 is 5.57 Å². The third-order valence-electron chi connectivity index (χ3n) is 3.31. The molecule has 1 aliphatic carbocycles. The van der Waals surface area contributed by atoms with E-state index >= 15 is 0 Å². The summed E-state index contributed by atoms with van der Waals surface area (Å²) >= 11 is 0. The van der Waals surface area contributed by atoms with Gasteiger partial charge in [-0.05, 0) is 49.5 Å².